The molecule has 6 nitrogen and oxygen atoms in total. The van der Waals surface area contributed by atoms with Gasteiger partial charge in [0, 0.05) is 11.0 Å². The topological polar surface area (TPSA) is 92.4 Å². The van der Waals surface area contributed by atoms with Gasteiger partial charge in [-0.2, -0.15) is 0 Å². The lowest BCUT2D eigenvalue weighted by atomic mass is 9.94. The van der Waals surface area contributed by atoms with Gasteiger partial charge in [-0.25, -0.2) is 9.78 Å². The van der Waals surface area contributed by atoms with Crippen LogP contribution in [-0.2, 0) is 12.0 Å². The van der Waals surface area contributed by atoms with E-state index in [1.807, 2.05) is 20.8 Å². The number of carboxylic acids is 1. The van der Waals surface area contributed by atoms with Crippen LogP contribution < -0.4 is 5.32 Å². The predicted octanol–water partition coefficient (Wildman–Crippen LogP) is 2.91. The summed E-state index contributed by atoms with van der Waals surface area (Å²) >= 11 is 0. The van der Waals surface area contributed by atoms with E-state index < -0.39 is 5.97 Å². The molecule has 0 aliphatic carbocycles. The summed E-state index contributed by atoms with van der Waals surface area (Å²) in [5, 5.41) is 11.7. The second kappa shape index (κ2) is 6.24. The molecule has 1 aromatic carbocycles. The highest BCUT2D eigenvalue weighted by Gasteiger charge is 2.19. The Kier molecular flexibility index (Phi) is 4.54. The minimum atomic E-state index is -1.06. The molecule has 122 valence electrons. The Hall–Kier alpha value is -2.63. The average Bonchev–Trinajstić information content (AvgIpc) is 2.93. The van der Waals surface area contributed by atoms with Crippen LogP contribution in [0.1, 0.15) is 58.7 Å². The summed E-state index contributed by atoms with van der Waals surface area (Å²) < 4.78 is 5.60. The standard InChI is InChI=1S/C17H20N2O4/c1-10-5-11(7-12(6-10)16(21)22)15(20)19-9-14-18-8-13(23-14)17(2,3)4/h5-8H,9H2,1-4H3,(H,19,20)(H,21,22). The second-order valence-corrected chi connectivity index (χ2v) is 6.44. The first-order chi connectivity index (χ1) is 10.7. The molecule has 1 amide bonds. The molecule has 0 unspecified atom stereocenters. The first kappa shape index (κ1) is 16.7. The van der Waals surface area contributed by atoms with E-state index in [0.29, 0.717) is 17.0 Å². The molecule has 0 atom stereocenters. The lowest BCUT2D eigenvalue weighted by molar-refractivity contribution is 0.0696. The fraction of sp³-hybridized carbons (Fsp3) is 0.353. The summed E-state index contributed by atoms with van der Waals surface area (Å²) in [6, 6.07) is 4.50. The normalized spacial score (nSPS) is 11.3. The highest BCUT2D eigenvalue weighted by atomic mass is 16.4. The maximum atomic E-state index is 12.2. The zero-order valence-electron chi connectivity index (χ0n) is 13.6. The third kappa shape index (κ3) is 4.18. The van der Waals surface area contributed by atoms with Crippen molar-refractivity contribution in [3.8, 4) is 0 Å². The first-order valence-corrected chi connectivity index (χ1v) is 7.25. The molecule has 0 saturated heterocycles. The van der Waals surface area contributed by atoms with Crippen molar-refractivity contribution in [2.24, 2.45) is 0 Å². The highest BCUT2D eigenvalue weighted by molar-refractivity contribution is 5.97. The molecule has 0 bridgehead atoms. The van der Waals surface area contributed by atoms with Crippen molar-refractivity contribution < 1.29 is 19.1 Å². The van der Waals surface area contributed by atoms with Crippen LogP contribution in [0.3, 0.4) is 0 Å². The number of aromatic nitrogens is 1. The molecule has 6 heteroatoms. The number of nitrogens with one attached hydrogen (secondary N) is 1. The van der Waals surface area contributed by atoms with Gasteiger partial charge < -0.3 is 14.8 Å². The molecule has 1 heterocycles. The number of carbonyl (C=O) groups is 2. The largest absolute Gasteiger partial charge is 0.478 e. The van der Waals surface area contributed by atoms with E-state index in [4.69, 9.17) is 9.52 Å². The van der Waals surface area contributed by atoms with Crippen molar-refractivity contribution in [3.63, 3.8) is 0 Å². The number of aryl methyl sites for hydroxylation is 1. The van der Waals surface area contributed by atoms with Crippen molar-refractivity contribution in [2.75, 3.05) is 0 Å². The van der Waals surface area contributed by atoms with Crippen molar-refractivity contribution >= 4 is 11.9 Å². The first-order valence-electron chi connectivity index (χ1n) is 7.25. The summed E-state index contributed by atoms with van der Waals surface area (Å²) in [7, 11) is 0. The van der Waals surface area contributed by atoms with Crippen LogP contribution in [0.25, 0.3) is 0 Å². The number of carboxylic acid groups (broad SMARTS) is 1. The van der Waals surface area contributed by atoms with E-state index in [-0.39, 0.29) is 23.4 Å². The summed E-state index contributed by atoms with van der Waals surface area (Å²) in [6.45, 7) is 7.92. The molecule has 1 aromatic heterocycles. The molecular weight excluding hydrogens is 296 g/mol. The molecule has 2 aromatic rings. The maximum absolute atomic E-state index is 12.2. The Morgan fingerprint density at radius 3 is 2.43 bits per heavy atom. The van der Waals surface area contributed by atoms with E-state index in [1.54, 1.807) is 19.2 Å². The summed E-state index contributed by atoms with van der Waals surface area (Å²) in [5.41, 5.74) is 0.940. The minimum absolute atomic E-state index is 0.0845. The smallest absolute Gasteiger partial charge is 0.335 e. The van der Waals surface area contributed by atoms with E-state index in [0.717, 1.165) is 5.76 Å². The van der Waals surface area contributed by atoms with Crippen LogP contribution in [0.4, 0.5) is 0 Å². The monoisotopic (exact) mass is 316 g/mol. The van der Waals surface area contributed by atoms with Crippen LogP contribution >= 0.6 is 0 Å². The molecule has 0 spiro atoms. The summed E-state index contributed by atoms with van der Waals surface area (Å²) in [6.07, 6.45) is 1.65. The second-order valence-electron chi connectivity index (χ2n) is 6.44. The number of rotatable bonds is 4. The molecule has 0 radical (unpaired) electrons. The SMILES string of the molecule is Cc1cc(C(=O)O)cc(C(=O)NCc2ncc(C(C)(C)C)o2)c1. The van der Waals surface area contributed by atoms with E-state index in [1.165, 1.54) is 12.1 Å². The molecule has 0 fully saturated rings. The van der Waals surface area contributed by atoms with Gasteiger partial charge in [-0.3, -0.25) is 4.79 Å². The third-order valence-electron chi connectivity index (χ3n) is 3.28. The van der Waals surface area contributed by atoms with Gasteiger partial charge in [-0.1, -0.05) is 20.8 Å². The number of amides is 1. The fourth-order valence-corrected chi connectivity index (χ4v) is 2.03. The van der Waals surface area contributed by atoms with Crippen LogP contribution in [0.15, 0.2) is 28.8 Å². The van der Waals surface area contributed by atoms with Crippen molar-refractivity contribution in [1.29, 1.82) is 0 Å². The zero-order valence-corrected chi connectivity index (χ0v) is 13.6. The Morgan fingerprint density at radius 1 is 1.22 bits per heavy atom. The predicted molar refractivity (Wildman–Crippen MR) is 84.5 cm³/mol. The average molecular weight is 316 g/mol. The van der Waals surface area contributed by atoms with Crippen LogP contribution in [0.5, 0.6) is 0 Å². The zero-order chi connectivity index (χ0) is 17.2. The highest BCUT2D eigenvalue weighted by Crippen LogP contribution is 2.22. The molecule has 2 N–H and O–H groups in total. The summed E-state index contributed by atoms with van der Waals surface area (Å²) in [5.74, 6) is -0.281. The van der Waals surface area contributed by atoms with Gasteiger partial charge in [0.1, 0.15) is 5.76 Å². The van der Waals surface area contributed by atoms with Crippen molar-refractivity contribution in [1.82, 2.24) is 10.3 Å². The Labute approximate surface area is 134 Å². The number of oxazole rings is 1. The van der Waals surface area contributed by atoms with E-state index >= 15 is 0 Å². The maximum Gasteiger partial charge on any atom is 0.335 e. The van der Waals surface area contributed by atoms with Gasteiger partial charge in [0.15, 0.2) is 0 Å². The number of aromatic carboxylic acids is 1. The molecule has 0 aliphatic heterocycles. The lowest BCUT2D eigenvalue weighted by Gasteiger charge is -2.13. The van der Waals surface area contributed by atoms with E-state index in [9.17, 15) is 9.59 Å². The number of hydrogen-bond donors (Lipinski definition) is 2. The van der Waals surface area contributed by atoms with Gasteiger partial charge in [-0.15, -0.1) is 0 Å². The number of nitrogens with zero attached hydrogens (tertiary/aromatic N) is 1. The van der Waals surface area contributed by atoms with E-state index in [2.05, 4.69) is 10.3 Å². The number of hydrogen-bond acceptors (Lipinski definition) is 4. The van der Waals surface area contributed by atoms with Crippen LogP contribution in [-0.4, -0.2) is 22.0 Å². The van der Waals surface area contributed by atoms with Crippen molar-refractivity contribution in [3.05, 3.63) is 52.7 Å². The minimum Gasteiger partial charge on any atom is -0.478 e. The lowest BCUT2D eigenvalue weighted by Crippen LogP contribution is -2.23. The van der Waals surface area contributed by atoms with Gasteiger partial charge in [-0.05, 0) is 30.7 Å². The molecule has 0 saturated carbocycles. The van der Waals surface area contributed by atoms with Gasteiger partial charge in [0.2, 0.25) is 5.89 Å². The summed E-state index contributed by atoms with van der Waals surface area (Å²) in [4.78, 5) is 27.4. The van der Waals surface area contributed by atoms with Gasteiger partial charge in [0.05, 0.1) is 18.3 Å². The third-order valence-corrected chi connectivity index (χ3v) is 3.28. The van der Waals surface area contributed by atoms with Crippen LogP contribution in [0.2, 0.25) is 0 Å². The Balaban J connectivity index is 2.08. The van der Waals surface area contributed by atoms with Gasteiger partial charge in [0.25, 0.3) is 5.91 Å². The number of carbonyl (C=O) groups excluding carboxylic acids is 1. The van der Waals surface area contributed by atoms with Crippen LogP contribution in [0, 0.1) is 6.92 Å². The van der Waals surface area contributed by atoms with Gasteiger partial charge >= 0.3 is 5.97 Å². The Morgan fingerprint density at radius 2 is 1.87 bits per heavy atom. The fourth-order valence-electron chi connectivity index (χ4n) is 2.03. The quantitative estimate of drug-likeness (QED) is 0.904. The Bertz CT molecular complexity index is 741. The number of benzene rings is 1. The van der Waals surface area contributed by atoms with Crippen molar-refractivity contribution in [2.45, 2.75) is 39.7 Å². The molecule has 2 rings (SSSR count). The molecular formula is C17H20N2O4. The molecule has 0 aliphatic rings. The molecule has 23 heavy (non-hydrogen) atoms.